The van der Waals surface area contributed by atoms with Gasteiger partial charge in [-0.1, -0.05) is 0 Å². The number of imidazole rings is 1. The molecule has 2 aromatic heterocycles. The summed E-state index contributed by atoms with van der Waals surface area (Å²) in [6, 6.07) is 2.26. The van der Waals surface area contributed by atoms with Crippen LogP contribution in [0.25, 0.3) is 5.65 Å². The van der Waals surface area contributed by atoms with E-state index in [2.05, 4.69) is 27.9 Å². The second kappa shape index (κ2) is 4.96. The molecule has 0 unspecified atom stereocenters. The largest absolute Gasteiger partial charge is 0.366 e. The van der Waals surface area contributed by atoms with Crippen molar-refractivity contribution in [2.75, 3.05) is 38.1 Å². The predicted octanol–water partition coefficient (Wildman–Crippen LogP) is 0.817. The fraction of sp³-hybridized carbons (Fsp3) is 0.600. The summed E-state index contributed by atoms with van der Waals surface area (Å²) in [4.78, 5) is 9.48. The summed E-state index contributed by atoms with van der Waals surface area (Å²) in [7, 11) is 2.18. The summed E-state index contributed by atoms with van der Waals surface area (Å²) in [5.41, 5.74) is 10.0. The molecular weight excluding hydrogens is 264 g/mol. The highest BCUT2D eigenvalue weighted by Crippen LogP contribution is 2.40. The molecule has 2 fully saturated rings. The maximum absolute atomic E-state index is 5.75. The Morgan fingerprint density at radius 1 is 1.24 bits per heavy atom. The maximum atomic E-state index is 5.75. The second-order valence-electron chi connectivity index (χ2n) is 6.22. The highest BCUT2D eigenvalue weighted by atomic mass is 15.3. The van der Waals surface area contributed by atoms with Crippen molar-refractivity contribution in [3.8, 4) is 0 Å². The normalized spacial score (nSPS) is 20.4. The zero-order valence-corrected chi connectivity index (χ0v) is 12.5. The maximum Gasteiger partial charge on any atom is 0.177 e. The van der Waals surface area contributed by atoms with Gasteiger partial charge >= 0.3 is 0 Å². The van der Waals surface area contributed by atoms with Crippen molar-refractivity contribution in [3.63, 3.8) is 0 Å². The molecule has 1 aliphatic carbocycles. The number of likely N-dealkylation sites (N-methyl/N-ethyl adjacent to an activating group) is 1. The Hall–Kier alpha value is -1.66. The van der Waals surface area contributed by atoms with Crippen LogP contribution in [0.15, 0.2) is 12.3 Å². The summed E-state index contributed by atoms with van der Waals surface area (Å²) in [5.74, 6) is 0.643. The van der Waals surface area contributed by atoms with E-state index in [1.165, 1.54) is 24.2 Å². The third kappa shape index (κ3) is 2.38. The molecule has 0 radical (unpaired) electrons. The molecule has 2 N–H and O–H groups in total. The van der Waals surface area contributed by atoms with E-state index in [9.17, 15) is 0 Å². The van der Waals surface area contributed by atoms with Crippen molar-refractivity contribution in [2.45, 2.75) is 25.3 Å². The monoisotopic (exact) mass is 286 g/mol. The Morgan fingerprint density at radius 3 is 2.67 bits per heavy atom. The third-order valence-electron chi connectivity index (χ3n) is 4.52. The van der Waals surface area contributed by atoms with Crippen molar-refractivity contribution >= 4 is 11.3 Å². The number of hydrogen-bond donors (Lipinski definition) is 1. The van der Waals surface area contributed by atoms with E-state index in [1.54, 1.807) is 0 Å². The molecule has 21 heavy (non-hydrogen) atoms. The number of nitrogens with two attached hydrogens (primary N) is 1. The fourth-order valence-corrected chi connectivity index (χ4v) is 2.98. The van der Waals surface area contributed by atoms with Gasteiger partial charge in [-0.25, -0.2) is 9.50 Å². The molecule has 0 bridgehead atoms. The molecule has 6 heteroatoms. The summed E-state index contributed by atoms with van der Waals surface area (Å²) in [6.07, 6.45) is 4.50. The zero-order valence-electron chi connectivity index (χ0n) is 12.5. The highest BCUT2D eigenvalue weighted by Gasteiger charge is 2.28. The molecule has 0 atom stereocenters. The molecule has 1 saturated heterocycles. The van der Waals surface area contributed by atoms with Crippen molar-refractivity contribution in [1.29, 1.82) is 0 Å². The topological polar surface area (TPSA) is 62.7 Å². The van der Waals surface area contributed by atoms with Gasteiger partial charge in [0.25, 0.3) is 0 Å². The molecule has 0 amide bonds. The lowest BCUT2D eigenvalue weighted by atomic mass is 10.2. The van der Waals surface area contributed by atoms with Crippen LogP contribution in [0, 0.1) is 0 Å². The van der Waals surface area contributed by atoms with Crippen molar-refractivity contribution < 1.29 is 0 Å². The summed E-state index contributed by atoms with van der Waals surface area (Å²) >= 11 is 0. The Labute approximate surface area is 124 Å². The number of nitrogens with zero attached hydrogens (tertiary/aromatic N) is 5. The van der Waals surface area contributed by atoms with Gasteiger partial charge < -0.3 is 15.5 Å². The average molecular weight is 286 g/mol. The molecule has 112 valence electrons. The number of piperazine rings is 1. The number of rotatable bonds is 3. The van der Waals surface area contributed by atoms with Gasteiger partial charge in [-0.2, -0.15) is 5.10 Å². The van der Waals surface area contributed by atoms with Gasteiger partial charge in [0.2, 0.25) is 0 Å². The zero-order chi connectivity index (χ0) is 14.4. The van der Waals surface area contributed by atoms with Crippen molar-refractivity contribution in [1.82, 2.24) is 19.5 Å². The molecule has 1 aliphatic heterocycles. The minimum absolute atomic E-state index is 0.463. The molecule has 0 aromatic carbocycles. The minimum Gasteiger partial charge on any atom is -0.366 e. The third-order valence-corrected chi connectivity index (χ3v) is 4.52. The van der Waals surface area contributed by atoms with Gasteiger partial charge in [0.05, 0.1) is 23.3 Å². The van der Waals surface area contributed by atoms with E-state index < -0.39 is 0 Å². The first-order chi connectivity index (χ1) is 10.2. The molecular formula is C15H22N6. The van der Waals surface area contributed by atoms with E-state index in [4.69, 9.17) is 10.8 Å². The van der Waals surface area contributed by atoms with E-state index in [0.717, 1.165) is 37.5 Å². The standard InChI is InChI=1S/C15H22N6/c1-19-4-6-20(7-5-19)14-8-13(11-2-3-11)18-21-10-12(9-16)17-15(14)21/h8,10-11H,2-7,9,16H2,1H3. The van der Waals surface area contributed by atoms with Crippen LogP contribution in [0.2, 0.25) is 0 Å². The molecule has 0 spiro atoms. The fourth-order valence-electron chi connectivity index (χ4n) is 2.98. The van der Waals surface area contributed by atoms with E-state index in [1.807, 2.05) is 10.7 Å². The first-order valence-corrected chi connectivity index (χ1v) is 7.77. The van der Waals surface area contributed by atoms with Gasteiger partial charge in [-0.05, 0) is 26.0 Å². The average Bonchev–Trinajstić information content (AvgIpc) is 3.26. The van der Waals surface area contributed by atoms with E-state index >= 15 is 0 Å². The second-order valence-corrected chi connectivity index (χ2v) is 6.22. The number of fused-ring (bicyclic) bond motifs is 1. The van der Waals surface area contributed by atoms with Crippen molar-refractivity contribution in [2.24, 2.45) is 5.73 Å². The Morgan fingerprint density at radius 2 is 2.00 bits per heavy atom. The predicted molar refractivity (Wildman–Crippen MR) is 82.6 cm³/mol. The van der Waals surface area contributed by atoms with Crippen LogP contribution in [0.3, 0.4) is 0 Å². The SMILES string of the molecule is CN1CCN(c2cc(C3CC3)nn3cc(CN)nc23)CC1. The van der Waals surface area contributed by atoms with Crippen LogP contribution in [-0.4, -0.2) is 52.7 Å². The lowest BCUT2D eigenvalue weighted by Crippen LogP contribution is -2.44. The van der Waals surface area contributed by atoms with Gasteiger partial charge in [0.15, 0.2) is 5.65 Å². The molecule has 1 saturated carbocycles. The summed E-state index contributed by atoms with van der Waals surface area (Å²) < 4.78 is 1.93. The van der Waals surface area contributed by atoms with Gasteiger partial charge in [-0.3, -0.25) is 0 Å². The lowest BCUT2D eigenvalue weighted by Gasteiger charge is -2.34. The van der Waals surface area contributed by atoms with Gasteiger partial charge in [0, 0.05) is 38.6 Å². The van der Waals surface area contributed by atoms with Crippen LogP contribution in [0.4, 0.5) is 5.69 Å². The minimum atomic E-state index is 0.463. The first kappa shape index (κ1) is 13.0. The van der Waals surface area contributed by atoms with Gasteiger partial charge in [-0.15, -0.1) is 0 Å². The van der Waals surface area contributed by atoms with E-state index in [-0.39, 0.29) is 0 Å². The van der Waals surface area contributed by atoms with Crippen LogP contribution >= 0.6 is 0 Å². The lowest BCUT2D eigenvalue weighted by molar-refractivity contribution is 0.313. The quantitative estimate of drug-likeness (QED) is 0.905. The van der Waals surface area contributed by atoms with Crippen LogP contribution in [0.1, 0.15) is 30.1 Å². The molecule has 2 aliphatic rings. The molecule has 3 heterocycles. The Balaban J connectivity index is 1.78. The molecule has 2 aromatic rings. The van der Waals surface area contributed by atoms with Crippen molar-refractivity contribution in [3.05, 3.63) is 23.7 Å². The number of aromatic nitrogens is 3. The van der Waals surface area contributed by atoms with Crippen LogP contribution in [0.5, 0.6) is 0 Å². The van der Waals surface area contributed by atoms with Crippen LogP contribution < -0.4 is 10.6 Å². The highest BCUT2D eigenvalue weighted by molar-refractivity contribution is 5.69. The summed E-state index contributed by atoms with van der Waals surface area (Å²) in [6.45, 7) is 4.75. The Kier molecular flexibility index (Phi) is 3.08. The summed E-state index contributed by atoms with van der Waals surface area (Å²) in [5, 5.41) is 4.74. The number of anilines is 1. The molecule has 6 nitrogen and oxygen atoms in total. The smallest absolute Gasteiger partial charge is 0.177 e. The van der Waals surface area contributed by atoms with E-state index in [0.29, 0.717) is 12.5 Å². The Bertz CT molecular complexity index is 651. The number of hydrogen-bond acceptors (Lipinski definition) is 5. The first-order valence-electron chi connectivity index (χ1n) is 7.77. The van der Waals surface area contributed by atoms with Crippen LogP contribution in [-0.2, 0) is 6.54 Å². The molecule has 4 rings (SSSR count). The van der Waals surface area contributed by atoms with Gasteiger partial charge in [0.1, 0.15) is 0 Å².